The van der Waals surface area contributed by atoms with Crippen molar-refractivity contribution in [1.82, 2.24) is 19.9 Å². The number of aromatic nitrogens is 3. The summed E-state index contributed by atoms with van der Waals surface area (Å²) in [6.07, 6.45) is 1.86. The second kappa shape index (κ2) is 7.89. The zero-order valence-corrected chi connectivity index (χ0v) is 17.3. The van der Waals surface area contributed by atoms with Gasteiger partial charge in [0, 0.05) is 6.54 Å². The summed E-state index contributed by atoms with van der Waals surface area (Å²) >= 11 is 12.3. The molecular formula is C21H19Cl2N5O. The number of unbranched alkanes of at least 4 members (excludes halogenated alkanes) is 1. The fourth-order valence-electron chi connectivity index (χ4n) is 3.24. The van der Waals surface area contributed by atoms with Gasteiger partial charge in [0.05, 0.1) is 26.8 Å². The average Bonchev–Trinajstić information content (AvgIpc) is 2.99. The highest BCUT2D eigenvalue weighted by Crippen LogP contribution is 2.33. The van der Waals surface area contributed by atoms with Crippen LogP contribution in [0.4, 0.5) is 5.82 Å². The summed E-state index contributed by atoms with van der Waals surface area (Å²) in [5.41, 5.74) is 9.73. The Bertz CT molecular complexity index is 1230. The van der Waals surface area contributed by atoms with Crippen LogP contribution >= 0.6 is 23.2 Å². The van der Waals surface area contributed by atoms with E-state index in [9.17, 15) is 4.79 Å². The number of fused-ring (bicyclic) bond motifs is 2. The lowest BCUT2D eigenvalue weighted by atomic mass is 10.2. The van der Waals surface area contributed by atoms with Crippen LogP contribution in [0.5, 0.6) is 0 Å². The maximum Gasteiger partial charge on any atom is 0.257 e. The van der Waals surface area contributed by atoms with E-state index in [0.29, 0.717) is 50.0 Å². The van der Waals surface area contributed by atoms with Crippen molar-refractivity contribution in [3.63, 3.8) is 0 Å². The minimum atomic E-state index is -0.274. The van der Waals surface area contributed by atoms with Crippen molar-refractivity contribution in [3.8, 4) is 5.69 Å². The van der Waals surface area contributed by atoms with Crippen LogP contribution in [0.25, 0.3) is 27.9 Å². The lowest BCUT2D eigenvalue weighted by molar-refractivity contribution is 0.0955. The maximum absolute atomic E-state index is 12.9. The van der Waals surface area contributed by atoms with E-state index in [0.717, 1.165) is 12.8 Å². The van der Waals surface area contributed by atoms with Crippen LogP contribution in [0.1, 0.15) is 30.1 Å². The number of nitrogens with one attached hydrogen (secondary N) is 1. The lowest BCUT2D eigenvalue weighted by Crippen LogP contribution is -2.25. The number of rotatable bonds is 5. The molecule has 4 aromatic rings. The monoisotopic (exact) mass is 427 g/mol. The standard InChI is InChI=1S/C21H19Cl2N5O/c1-2-3-10-25-21(29)17-18-20(27-16-7-5-4-6-15(16)26-18)28(19(17)24)12-8-9-13(22)14(23)11-12/h4-9,11H,2-3,10,24H2,1H3,(H,25,29). The molecule has 0 unspecified atom stereocenters. The van der Waals surface area contributed by atoms with E-state index in [1.807, 2.05) is 24.3 Å². The number of hydrogen-bond donors (Lipinski definition) is 2. The van der Waals surface area contributed by atoms with Gasteiger partial charge < -0.3 is 11.1 Å². The minimum Gasteiger partial charge on any atom is -0.384 e. The molecule has 0 saturated carbocycles. The highest BCUT2D eigenvalue weighted by molar-refractivity contribution is 6.42. The number of nitrogen functional groups attached to an aromatic ring is 1. The minimum absolute atomic E-state index is 0.252. The van der Waals surface area contributed by atoms with Crippen molar-refractivity contribution >= 4 is 57.1 Å². The van der Waals surface area contributed by atoms with Crippen molar-refractivity contribution in [2.45, 2.75) is 19.8 Å². The van der Waals surface area contributed by atoms with E-state index in [1.165, 1.54) is 0 Å². The predicted molar refractivity (Wildman–Crippen MR) is 118 cm³/mol. The largest absolute Gasteiger partial charge is 0.384 e. The van der Waals surface area contributed by atoms with Crippen LogP contribution < -0.4 is 11.1 Å². The predicted octanol–water partition coefficient (Wildman–Crippen LogP) is 4.99. The van der Waals surface area contributed by atoms with E-state index in [-0.39, 0.29) is 11.7 Å². The van der Waals surface area contributed by atoms with Crippen molar-refractivity contribution < 1.29 is 4.79 Å². The first-order chi connectivity index (χ1) is 14.0. The van der Waals surface area contributed by atoms with Crippen molar-refractivity contribution in [3.05, 3.63) is 58.1 Å². The smallest absolute Gasteiger partial charge is 0.257 e. The number of benzene rings is 2. The SMILES string of the molecule is CCCCNC(=O)c1c(N)n(-c2ccc(Cl)c(Cl)c2)c2nc3ccccc3nc12. The molecule has 2 aromatic carbocycles. The molecule has 0 atom stereocenters. The van der Waals surface area contributed by atoms with Crippen LogP contribution in [0.2, 0.25) is 10.0 Å². The third-order valence-corrected chi connectivity index (χ3v) is 5.44. The van der Waals surface area contributed by atoms with Gasteiger partial charge in [-0.15, -0.1) is 0 Å². The van der Waals surface area contributed by atoms with Crippen LogP contribution in [-0.4, -0.2) is 27.0 Å². The highest BCUT2D eigenvalue weighted by Gasteiger charge is 2.24. The van der Waals surface area contributed by atoms with E-state index in [2.05, 4.69) is 12.2 Å². The van der Waals surface area contributed by atoms with Crippen LogP contribution in [0.15, 0.2) is 42.5 Å². The molecular weight excluding hydrogens is 409 g/mol. The molecule has 3 N–H and O–H groups in total. The van der Waals surface area contributed by atoms with Crippen molar-refractivity contribution in [1.29, 1.82) is 0 Å². The molecule has 6 nitrogen and oxygen atoms in total. The van der Waals surface area contributed by atoms with Gasteiger partial charge in [-0.2, -0.15) is 0 Å². The van der Waals surface area contributed by atoms with Crippen LogP contribution in [0, 0.1) is 0 Å². The molecule has 0 saturated heterocycles. The zero-order chi connectivity index (χ0) is 20.5. The van der Waals surface area contributed by atoms with E-state index < -0.39 is 0 Å². The number of anilines is 1. The summed E-state index contributed by atoms with van der Waals surface area (Å²) in [6, 6.07) is 12.6. The Balaban J connectivity index is 1.98. The Morgan fingerprint density at radius 3 is 2.52 bits per heavy atom. The first kappa shape index (κ1) is 19.5. The van der Waals surface area contributed by atoms with Gasteiger partial charge in [0.25, 0.3) is 5.91 Å². The zero-order valence-electron chi connectivity index (χ0n) is 15.7. The fraction of sp³-hybridized carbons (Fsp3) is 0.190. The normalized spacial score (nSPS) is 11.3. The second-order valence-corrected chi connectivity index (χ2v) is 7.50. The van der Waals surface area contributed by atoms with Gasteiger partial charge in [-0.1, -0.05) is 48.7 Å². The summed E-state index contributed by atoms with van der Waals surface area (Å²) in [5, 5.41) is 3.73. The van der Waals surface area contributed by atoms with Crippen LogP contribution in [-0.2, 0) is 0 Å². The second-order valence-electron chi connectivity index (χ2n) is 6.69. The number of nitrogens with zero attached hydrogens (tertiary/aromatic N) is 3. The average molecular weight is 428 g/mol. The first-order valence-corrected chi connectivity index (χ1v) is 10.1. The fourth-order valence-corrected chi connectivity index (χ4v) is 3.53. The van der Waals surface area contributed by atoms with Gasteiger partial charge in [0.2, 0.25) is 0 Å². The summed E-state index contributed by atoms with van der Waals surface area (Å²) in [5.74, 6) is -0.0213. The molecule has 1 amide bonds. The number of halogens is 2. The molecule has 0 aliphatic rings. The molecule has 148 valence electrons. The molecule has 0 aliphatic carbocycles. The topological polar surface area (TPSA) is 85.8 Å². The number of carbonyl (C=O) groups excluding carboxylic acids is 1. The summed E-state index contributed by atoms with van der Waals surface area (Å²) in [4.78, 5) is 22.4. The number of carbonyl (C=O) groups is 1. The molecule has 8 heteroatoms. The maximum atomic E-state index is 12.9. The number of nitrogens with two attached hydrogens (primary N) is 1. The van der Waals surface area contributed by atoms with Gasteiger partial charge in [-0.3, -0.25) is 9.36 Å². The quantitative estimate of drug-likeness (QED) is 0.439. The lowest BCUT2D eigenvalue weighted by Gasteiger charge is -2.09. The van der Waals surface area contributed by atoms with E-state index in [4.69, 9.17) is 38.9 Å². The van der Waals surface area contributed by atoms with E-state index in [1.54, 1.807) is 22.8 Å². The first-order valence-electron chi connectivity index (χ1n) is 9.31. The van der Waals surface area contributed by atoms with Crippen molar-refractivity contribution in [2.24, 2.45) is 0 Å². The number of para-hydroxylation sites is 2. The molecule has 2 heterocycles. The molecule has 0 spiro atoms. The van der Waals surface area contributed by atoms with Gasteiger partial charge in [0.1, 0.15) is 16.9 Å². The number of amides is 1. The molecule has 29 heavy (non-hydrogen) atoms. The summed E-state index contributed by atoms with van der Waals surface area (Å²) < 4.78 is 1.69. The molecule has 2 aromatic heterocycles. The Hall–Kier alpha value is -2.83. The van der Waals surface area contributed by atoms with Gasteiger partial charge in [-0.05, 0) is 36.8 Å². The Morgan fingerprint density at radius 2 is 1.83 bits per heavy atom. The van der Waals surface area contributed by atoms with Gasteiger partial charge >= 0.3 is 0 Å². The molecule has 4 rings (SSSR count). The summed E-state index contributed by atoms with van der Waals surface area (Å²) in [7, 11) is 0. The molecule has 0 fully saturated rings. The third-order valence-electron chi connectivity index (χ3n) is 4.70. The third kappa shape index (κ3) is 3.50. The molecule has 0 bridgehead atoms. The van der Waals surface area contributed by atoms with E-state index >= 15 is 0 Å². The van der Waals surface area contributed by atoms with Gasteiger partial charge in [-0.25, -0.2) is 9.97 Å². The summed E-state index contributed by atoms with van der Waals surface area (Å²) in [6.45, 7) is 2.63. The van der Waals surface area contributed by atoms with Crippen LogP contribution in [0.3, 0.4) is 0 Å². The highest BCUT2D eigenvalue weighted by atomic mass is 35.5. The Morgan fingerprint density at radius 1 is 1.10 bits per heavy atom. The molecule has 0 radical (unpaired) electrons. The number of hydrogen-bond acceptors (Lipinski definition) is 4. The van der Waals surface area contributed by atoms with Crippen molar-refractivity contribution in [2.75, 3.05) is 12.3 Å². The Kier molecular flexibility index (Phi) is 5.30. The Labute approximate surface area is 177 Å². The molecule has 0 aliphatic heterocycles. The van der Waals surface area contributed by atoms with Gasteiger partial charge in [0.15, 0.2) is 5.65 Å².